The van der Waals surface area contributed by atoms with Gasteiger partial charge in [0.15, 0.2) is 0 Å². The van der Waals surface area contributed by atoms with E-state index in [1.807, 2.05) is 51.1 Å². The maximum atomic E-state index is 14.3. The zero-order chi connectivity index (χ0) is 31.5. The molecule has 2 amide bonds. The van der Waals surface area contributed by atoms with Gasteiger partial charge in [-0.15, -0.1) is 0 Å². The van der Waals surface area contributed by atoms with Gasteiger partial charge in [-0.1, -0.05) is 44.2 Å². The Bertz CT molecular complexity index is 1330. The number of benzene rings is 3. The van der Waals surface area contributed by atoms with Crippen LogP contribution in [0.2, 0.25) is 0 Å². The van der Waals surface area contributed by atoms with Crippen LogP contribution in [0.25, 0.3) is 0 Å². The highest BCUT2D eigenvalue weighted by Crippen LogP contribution is 2.28. The topological polar surface area (TPSA) is 107 Å². The average Bonchev–Trinajstić information content (AvgIpc) is 2.97. The Morgan fingerprint density at radius 2 is 1.47 bits per heavy atom. The molecule has 232 valence electrons. The first-order valence-corrected chi connectivity index (χ1v) is 14.8. The molecule has 3 atom stereocenters. The first-order valence-electron chi connectivity index (χ1n) is 14.8. The van der Waals surface area contributed by atoms with E-state index >= 15 is 0 Å². The van der Waals surface area contributed by atoms with Crippen LogP contribution in [0.5, 0.6) is 0 Å². The summed E-state index contributed by atoms with van der Waals surface area (Å²) in [5.74, 6) is -2.10. The SMILES string of the molecule is CCCN(CCC)C(=O)c1cc(C)cc(C(=O)N(C[C@@H](O)[C@@H](N)Cc2cc(F)cc(F)c2)C(CCO)c2ccccc2)c1. The lowest BCUT2D eigenvalue weighted by Crippen LogP contribution is -2.48. The largest absolute Gasteiger partial charge is 0.396 e. The van der Waals surface area contributed by atoms with E-state index in [1.54, 1.807) is 23.1 Å². The number of hydrogen-bond acceptors (Lipinski definition) is 5. The van der Waals surface area contributed by atoms with Gasteiger partial charge < -0.3 is 25.7 Å². The number of halogens is 2. The van der Waals surface area contributed by atoms with Gasteiger partial charge in [0.25, 0.3) is 11.8 Å². The van der Waals surface area contributed by atoms with Gasteiger partial charge in [0.1, 0.15) is 11.6 Å². The molecule has 9 heteroatoms. The summed E-state index contributed by atoms with van der Waals surface area (Å²) in [4.78, 5) is 30.9. The second kappa shape index (κ2) is 16.3. The molecule has 43 heavy (non-hydrogen) atoms. The van der Waals surface area contributed by atoms with Crippen molar-refractivity contribution in [2.24, 2.45) is 5.73 Å². The molecule has 7 nitrogen and oxygen atoms in total. The van der Waals surface area contributed by atoms with Gasteiger partial charge in [0.2, 0.25) is 0 Å². The van der Waals surface area contributed by atoms with Gasteiger partial charge in [0.05, 0.1) is 12.1 Å². The number of nitrogens with zero attached hydrogens (tertiary/aromatic N) is 2. The van der Waals surface area contributed by atoms with Crippen LogP contribution in [0.1, 0.15) is 76.6 Å². The molecule has 4 N–H and O–H groups in total. The molecule has 3 rings (SSSR count). The summed E-state index contributed by atoms with van der Waals surface area (Å²) in [6, 6.07) is 15.7. The van der Waals surface area contributed by atoms with Gasteiger partial charge in [0, 0.05) is 49.5 Å². The monoisotopic (exact) mass is 595 g/mol. The number of amides is 2. The van der Waals surface area contributed by atoms with Gasteiger partial charge in [-0.3, -0.25) is 9.59 Å². The molecule has 0 saturated heterocycles. The summed E-state index contributed by atoms with van der Waals surface area (Å²) in [6.07, 6.45) is 0.498. The van der Waals surface area contributed by atoms with E-state index in [-0.39, 0.29) is 43.0 Å². The molecule has 3 aromatic carbocycles. The van der Waals surface area contributed by atoms with Crippen LogP contribution in [0.4, 0.5) is 8.78 Å². The first kappa shape index (κ1) is 33.8. The van der Waals surface area contributed by atoms with Crippen molar-refractivity contribution < 1.29 is 28.6 Å². The Hall–Kier alpha value is -3.66. The third kappa shape index (κ3) is 9.41. The Labute approximate surface area is 252 Å². The van der Waals surface area contributed by atoms with Gasteiger partial charge in [-0.05, 0) is 79.6 Å². The summed E-state index contributed by atoms with van der Waals surface area (Å²) < 4.78 is 27.5. The fourth-order valence-corrected chi connectivity index (χ4v) is 5.36. The summed E-state index contributed by atoms with van der Waals surface area (Å²) in [5, 5.41) is 21.2. The lowest BCUT2D eigenvalue weighted by molar-refractivity contribution is 0.0416. The van der Waals surface area contributed by atoms with Crippen molar-refractivity contribution in [2.45, 2.75) is 64.6 Å². The minimum absolute atomic E-state index is 0.0261. The highest BCUT2D eigenvalue weighted by atomic mass is 19.1. The summed E-state index contributed by atoms with van der Waals surface area (Å²) >= 11 is 0. The second-order valence-electron chi connectivity index (χ2n) is 11.0. The number of hydrogen-bond donors (Lipinski definition) is 3. The summed E-state index contributed by atoms with van der Waals surface area (Å²) in [7, 11) is 0. The Kier molecular flexibility index (Phi) is 12.8. The van der Waals surface area contributed by atoms with Crippen molar-refractivity contribution in [1.82, 2.24) is 9.80 Å². The number of aliphatic hydroxyl groups excluding tert-OH is 2. The lowest BCUT2D eigenvalue weighted by atomic mass is 9.97. The fourth-order valence-electron chi connectivity index (χ4n) is 5.36. The van der Waals surface area contributed by atoms with Crippen molar-refractivity contribution in [1.29, 1.82) is 0 Å². The van der Waals surface area contributed by atoms with Gasteiger partial charge in [-0.25, -0.2) is 8.78 Å². The standard InChI is InChI=1S/C34H43F2N3O4/c1-4-12-38(13-5-2)33(42)26-15-23(3)16-27(20-26)34(43)39(31(11-14-40)25-9-7-6-8-10-25)22-32(41)30(37)19-24-17-28(35)21-29(36)18-24/h6-10,15-18,20-21,30-32,40-41H,4-5,11-14,19,22,37H2,1-3H3/t30-,31?,32+/m0/s1. The molecule has 0 aliphatic rings. The zero-order valence-electron chi connectivity index (χ0n) is 25.2. The van der Waals surface area contributed by atoms with E-state index in [4.69, 9.17) is 5.73 Å². The number of rotatable bonds is 15. The fraction of sp³-hybridized carbons (Fsp3) is 0.412. The molecule has 0 aromatic heterocycles. The maximum Gasteiger partial charge on any atom is 0.254 e. The Morgan fingerprint density at radius 3 is 2.02 bits per heavy atom. The predicted octanol–water partition coefficient (Wildman–Crippen LogP) is 5.03. The highest BCUT2D eigenvalue weighted by Gasteiger charge is 2.31. The number of carbonyl (C=O) groups excluding carboxylic acids is 2. The van der Waals surface area contributed by atoms with Crippen molar-refractivity contribution in [3.63, 3.8) is 0 Å². The molecule has 0 saturated carbocycles. The zero-order valence-corrected chi connectivity index (χ0v) is 25.2. The maximum absolute atomic E-state index is 14.3. The summed E-state index contributed by atoms with van der Waals surface area (Å²) in [5.41, 5.74) is 8.72. The Balaban J connectivity index is 1.99. The van der Waals surface area contributed by atoms with E-state index in [9.17, 15) is 28.6 Å². The number of aliphatic hydroxyl groups is 2. The van der Waals surface area contributed by atoms with Crippen molar-refractivity contribution in [3.8, 4) is 0 Å². The predicted molar refractivity (Wildman–Crippen MR) is 164 cm³/mol. The van der Waals surface area contributed by atoms with Crippen LogP contribution < -0.4 is 5.73 Å². The second-order valence-corrected chi connectivity index (χ2v) is 11.0. The van der Waals surface area contributed by atoms with E-state index in [2.05, 4.69) is 0 Å². The third-order valence-electron chi connectivity index (χ3n) is 7.34. The highest BCUT2D eigenvalue weighted by molar-refractivity contribution is 6.00. The minimum atomic E-state index is -1.27. The summed E-state index contributed by atoms with van der Waals surface area (Å²) in [6.45, 7) is 6.58. The molecular weight excluding hydrogens is 552 g/mol. The van der Waals surface area contributed by atoms with Crippen LogP contribution in [0.3, 0.4) is 0 Å². The molecule has 3 aromatic rings. The van der Waals surface area contributed by atoms with Crippen LogP contribution in [0.15, 0.2) is 66.7 Å². The smallest absolute Gasteiger partial charge is 0.254 e. The van der Waals surface area contributed by atoms with Crippen LogP contribution in [0, 0.1) is 18.6 Å². The van der Waals surface area contributed by atoms with Crippen LogP contribution in [-0.2, 0) is 6.42 Å². The van der Waals surface area contributed by atoms with E-state index in [0.717, 1.165) is 42.2 Å². The molecule has 0 aliphatic heterocycles. The number of nitrogens with two attached hydrogens (primary N) is 1. The lowest BCUT2D eigenvalue weighted by Gasteiger charge is -2.35. The molecule has 0 spiro atoms. The molecule has 0 aliphatic carbocycles. The van der Waals surface area contributed by atoms with E-state index in [0.29, 0.717) is 18.7 Å². The van der Waals surface area contributed by atoms with Crippen LogP contribution >= 0.6 is 0 Å². The third-order valence-corrected chi connectivity index (χ3v) is 7.34. The minimum Gasteiger partial charge on any atom is -0.396 e. The van der Waals surface area contributed by atoms with Crippen LogP contribution in [-0.4, -0.2) is 70.2 Å². The average molecular weight is 596 g/mol. The van der Waals surface area contributed by atoms with E-state index in [1.165, 1.54) is 4.90 Å². The molecular formula is C34H43F2N3O4. The molecule has 0 radical (unpaired) electrons. The quantitative estimate of drug-likeness (QED) is 0.229. The normalized spacial score (nSPS) is 13.3. The first-order chi connectivity index (χ1) is 20.6. The number of aryl methyl sites for hydroxylation is 1. The van der Waals surface area contributed by atoms with E-state index < -0.39 is 35.7 Å². The molecule has 0 bridgehead atoms. The number of carbonyl (C=O) groups is 2. The van der Waals surface area contributed by atoms with Crippen molar-refractivity contribution in [3.05, 3.63) is 106 Å². The molecule has 0 heterocycles. The van der Waals surface area contributed by atoms with Gasteiger partial charge in [-0.2, -0.15) is 0 Å². The van der Waals surface area contributed by atoms with Crippen molar-refractivity contribution in [2.75, 3.05) is 26.2 Å². The molecule has 1 unspecified atom stereocenters. The molecule has 0 fully saturated rings. The van der Waals surface area contributed by atoms with Crippen molar-refractivity contribution >= 4 is 11.8 Å². The Morgan fingerprint density at radius 1 is 0.884 bits per heavy atom. The van der Waals surface area contributed by atoms with Gasteiger partial charge >= 0.3 is 0 Å².